The van der Waals surface area contributed by atoms with Gasteiger partial charge in [-0.15, -0.1) is 0 Å². The van der Waals surface area contributed by atoms with E-state index in [9.17, 15) is 0 Å². The topological polar surface area (TPSA) is 21.3 Å². The Balaban J connectivity index is 1.97. The molecule has 2 nitrogen and oxygen atoms in total. The molecule has 1 atom stereocenters. The van der Waals surface area contributed by atoms with Crippen LogP contribution in [0.2, 0.25) is 0 Å². The summed E-state index contributed by atoms with van der Waals surface area (Å²) in [6, 6.07) is 17.0. The Morgan fingerprint density at radius 2 is 1.74 bits per heavy atom. The average molecular weight is 255 g/mol. The van der Waals surface area contributed by atoms with E-state index in [-0.39, 0.29) is 0 Å². The maximum absolute atomic E-state index is 5.17. The monoisotopic (exact) mass is 255 g/mol. The molecule has 2 heteroatoms. The molecule has 0 saturated carbocycles. The molecule has 0 heterocycles. The van der Waals surface area contributed by atoms with Gasteiger partial charge in [-0.2, -0.15) is 0 Å². The van der Waals surface area contributed by atoms with Gasteiger partial charge in [-0.3, -0.25) is 0 Å². The van der Waals surface area contributed by atoms with E-state index >= 15 is 0 Å². The van der Waals surface area contributed by atoms with E-state index in [4.69, 9.17) is 4.74 Å². The van der Waals surface area contributed by atoms with Gasteiger partial charge in [-0.1, -0.05) is 36.4 Å². The summed E-state index contributed by atoms with van der Waals surface area (Å²) in [7, 11) is 1.69. The number of ether oxygens (including phenoxy) is 1. The van der Waals surface area contributed by atoms with Crippen LogP contribution in [0.3, 0.4) is 0 Å². The van der Waals surface area contributed by atoms with Crippen LogP contribution in [0.1, 0.15) is 29.7 Å². The molecule has 0 aliphatic carbocycles. The van der Waals surface area contributed by atoms with Crippen molar-refractivity contribution >= 4 is 0 Å². The summed E-state index contributed by atoms with van der Waals surface area (Å²) < 4.78 is 5.17. The molecule has 19 heavy (non-hydrogen) atoms. The number of hydrogen-bond donors (Lipinski definition) is 1. The highest BCUT2D eigenvalue weighted by molar-refractivity contribution is 5.29. The van der Waals surface area contributed by atoms with Crippen LogP contribution in [-0.2, 0) is 6.54 Å². The predicted octanol–water partition coefficient (Wildman–Crippen LogP) is 3.85. The van der Waals surface area contributed by atoms with Crippen molar-refractivity contribution in [1.29, 1.82) is 0 Å². The molecule has 0 spiro atoms. The van der Waals surface area contributed by atoms with Gasteiger partial charge in [-0.25, -0.2) is 0 Å². The minimum absolute atomic E-state index is 0.325. The molecule has 100 valence electrons. The molecule has 2 rings (SSSR count). The Morgan fingerprint density at radius 3 is 2.37 bits per heavy atom. The van der Waals surface area contributed by atoms with Crippen molar-refractivity contribution in [3.63, 3.8) is 0 Å². The molecule has 1 N–H and O–H groups in total. The van der Waals surface area contributed by atoms with Gasteiger partial charge >= 0.3 is 0 Å². The molecule has 2 aromatic carbocycles. The molecular weight excluding hydrogens is 234 g/mol. The summed E-state index contributed by atoms with van der Waals surface area (Å²) in [6.07, 6.45) is 0. The number of nitrogens with one attached hydrogen (secondary N) is 1. The van der Waals surface area contributed by atoms with E-state index in [1.165, 1.54) is 16.7 Å². The van der Waals surface area contributed by atoms with Crippen molar-refractivity contribution in [1.82, 2.24) is 5.32 Å². The minimum Gasteiger partial charge on any atom is -0.497 e. The number of hydrogen-bond acceptors (Lipinski definition) is 2. The number of aryl methyl sites for hydroxylation is 1. The fourth-order valence-corrected chi connectivity index (χ4v) is 2.08. The number of rotatable bonds is 5. The van der Waals surface area contributed by atoms with Crippen molar-refractivity contribution in [2.24, 2.45) is 0 Å². The molecule has 0 radical (unpaired) electrons. The fraction of sp³-hybridized carbons (Fsp3) is 0.294. The molecule has 0 bridgehead atoms. The lowest BCUT2D eigenvalue weighted by atomic mass is 10.1. The third-order valence-electron chi connectivity index (χ3n) is 3.48. The molecule has 0 fully saturated rings. The Hall–Kier alpha value is -1.80. The molecule has 2 aromatic rings. The third-order valence-corrected chi connectivity index (χ3v) is 3.48. The zero-order valence-electron chi connectivity index (χ0n) is 11.8. The lowest BCUT2D eigenvalue weighted by Crippen LogP contribution is -2.18. The van der Waals surface area contributed by atoms with E-state index in [2.05, 4.69) is 55.6 Å². The van der Waals surface area contributed by atoms with Gasteiger partial charge in [0, 0.05) is 12.6 Å². The first-order chi connectivity index (χ1) is 9.20. The van der Waals surface area contributed by atoms with Gasteiger partial charge in [0.1, 0.15) is 5.75 Å². The van der Waals surface area contributed by atoms with Crippen molar-refractivity contribution in [2.45, 2.75) is 26.4 Å². The first-order valence-electron chi connectivity index (χ1n) is 6.62. The standard InChI is InChI=1S/C17H21NO/c1-13-6-4-5-7-16(13)12-18-14(2)15-8-10-17(19-3)11-9-15/h4-11,14,18H,12H2,1-3H3/t14-/m0/s1. The van der Waals surface area contributed by atoms with Gasteiger partial charge < -0.3 is 10.1 Å². The summed E-state index contributed by atoms with van der Waals surface area (Å²) in [5.74, 6) is 0.898. The first kappa shape index (κ1) is 13.6. The van der Waals surface area contributed by atoms with Gasteiger partial charge in [0.2, 0.25) is 0 Å². The number of benzene rings is 2. The van der Waals surface area contributed by atoms with Gasteiger partial charge in [0.15, 0.2) is 0 Å². The van der Waals surface area contributed by atoms with E-state index in [0.29, 0.717) is 6.04 Å². The fourth-order valence-electron chi connectivity index (χ4n) is 2.08. The second-order valence-electron chi connectivity index (χ2n) is 4.80. The summed E-state index contributed by atoms with van der Waals surface area (Å²) in [5, 5.41) is 3.55. The molecule has 0 aliphatic heterocycles. The minimum atomic E-state index is 0.325. The molecule has 0 saturated heterocycles. The van der Waals surface area contributed by atoms with Crippen LogP contribution in [-0.4, -0.2) is 7.11 Å². The highest BCUT2D eigenvalue weighted by Crippen LogP contribution is 2.18. The smallest absolute Gasteiger partial charge is 0.118 e. The lowest BCUT2D eigenvalue weighted by Gasteiger charge is -2.15. The number of methoxy groups -OCH3 is 1. The van der Waals surface area contributed by atoms with Crippen LogP contribution in [0.15, 0.2) is 48.5 Å². The summed E-state index contributed by atoms with van der Waals surface area (Å²) in [4.78, 5) is 0. The predicted molar refractivity (Wildman–Crippen MR) is 79.4 cm³/mol. The molecular formula is C17H21NO. The van der Waals surface area contributed by atoms with E-state index in [1.54, 1.807) is 7.11 Å². The highest BCUT2D eigenvalue weighted by atomic mass is 16.5. The Kier molecular flexibility index (Phi) is 4.58. The lowest BCUT2D eigenvalue weighted by molar-refractivity contribution is 0.414. The largest absolute Gasteiger partial charge is 0.497 e. The second kappa shape index (κ2) is 6.39. The zero-order valence-corrected chi connectivity index (χ0v) is 11.8. The van der Waals surface area contributed by atoms with Crippen LogP contribution in [0.25, 0.3) is 0 Å². The van der Waals surface area contributed by atoms with E-state index < -0.39 is 0 Å². The Labute approximate surface area is 115 Å². The van der Waals surface area contributed by atoms with Crippen LogP contribution in [0, 0.1) is 6.92 Å². The van der Waals surface area contributed by atoms with Crippen molar-refractivity contribution < 1.29 is 4.74 Å². The maximum Gasteiger partial charge on any atom is 0.118 e. The third kappa shape index (κ3) is 3.58. The summed E-state index contributed by atoms with van der Waals surface area (Å²) in [6.45, 7) is 5.22. The highest BCUT2D eigenvalue weighted by Gasteiger charge is 2.05. The van der Waals surface area contributed by atoms with Gasteiger partial charge in [-0.05, 0) is 42.7 Å². The molecule has 0 unspecified atom stereocenters. The van der Waals surface area contributed by atoms with E-state index in [1.807, 2.05) is 12.1 Å². The maximum atomic E-state index is 5.17. The van der Waals surface area contributed by atoms with Gasteiger partial charge in [0.05, 0.1) is 7.11 Å². The Morgan fingerprint density at radius 1 is 1.05 bits per heavy atom. The average Bonchev–Trinajstić information content (AvgIpc) is 2.46. The molecule has 0 aromatic heterocycles. The quantitative estimate of drug-likeness (QED) is 0.876. The summed E-state index contributed by atoms with van der Waals surface area (Å²) in [5.41, 5.74) is 3.95. The zero-order chi connectivity index (χ0) is 13.7. The molecule has 0 aliphatic rings. The van der Waals surface area contributed by atoms with Crippen LogP contribution in [0.5, 0.6) is 5.75 Å². The Bertz CT molecular complexity index is 519. The van der Waals surface area contributed by atoms with Crippen LogP contribution in [0.4, 0.5) is 0 Å². The first-order valence-corrected chi connectivity index (χ1v) is 6.62. The second-order valence-corrected chi connectivity index (χ2v) is 4.80. The normalized spacial score (nSPS) is 12.2. The van der Waals surface area contributed by atoms with Crippen molar-refractivity contribution in [2.75, 3.05) is 7.11 Å². The van der Waals surface area contributed by atoms with Gasteiger partial charge in [0.25, 0.3) is 0 Å². The summed E-state index contributed by atoms with van der Waals surface area (Å²) >= 11 is 0. The van der Waals surface area contributed by atoms with E-state index in [0.717, 1.165) is 12.3 Å². The van der Waals surface area contributed by atoms with Crippen LogP contribution < -0.4 is 10.1 Å². The molecule has 0 amide bonds. The SMILES string of the molecule is COc1ccc([C@H](C)NCc2ccccc2C)cc1. The van der Waals surface area contributed by atoms with Crippen molar-refractivity contribution in [3.8, 4) is 5.75 Å². The van der Waals surface area contributed by atoms with Crippen LogP contribution >= 0.6 is 0 Å². The van der Waals surface area contributed by atoms with Crippen molar-refractivity contribution in [3.05, 3.63) is 65.2 Å².